The molecule has 0 aliphatic heterocycles. The lowest BCUT2D eigenvalue weighted by Crippen LogP contribution is -2.20. The summed E-state index contributed by atoms with van der Waals surface area (Å²) in [4.78, 5) is 28.1. The Morgan fingerprint density at radius 2 is 1.76 bits per heavy atom. The van der Waals surface area contributed by atoms with Crippen molar-refractivity contribution in [2.75, 3.05) is 11.9 Å². The number of carbonyl (C=O) groups excluding carboxylic acids is 2. The highest BCUT2D eigenvalue weighted by atomic mass is 35.5. The quantitative estimate of drug-likeness (QED) is 0.544. The summed E-state index contributed by atoms with van der Waals surface area (Å²) in [5.74, 6) is -1.03. The molecule has 0 saturated carbocycles. The number of amides is 1. The Balaban J connectivity index is 1.61. The number of anilines is 1. The van der Waals surface area contributed by atoms with Gasteiger partial charge in [-0.05, 0) is 54.6 Å². The van der Waals surface area contributed by atoms with Gasteiger partial charge < -0.3 is 10.1 Å². The third-order valence-corrected chi connectivity index (χ3v) is 3.82. The van der Waals surface area contributed by atoms with Gasteiger partial charge >= 0.3 is 5.97 Å². The van der Waals surface area contributed by atoms with Gasteiger partial charge in [0.15, 0.2) is 6.61 Å². The molecule has 25 heavy (non-hydrogen) atoms. The van der Waals surface area contributed by atoms with Crippen LogP contribution in [-0.2, 0) is 9.53 Å². The van der Waals surface area contributed by atoms with Crippen molar-refractivity contribution in [3.63, 3.8) is 0 Å². The zero-order chi connectivity index (χ0) is 17.8. The molecular weight excluding hydrogens is 363 g/mol. The third kappa shape index (κ3) is 4.47. The number of fused-ring (bicyclic) bond motifs is 1. The second-order valence-corrected chi connectivity index (χ2v) is 6.00. The summed E-state index contributed by atoms with van der Waals surface area (Å²) >= 11 is 11.6. The molecule has 0 aliphatic carbocycles. The number of pyridine rings is 1. The molecule has 1 aromatic heterocycles. The normalized spacial score (nSPS) is 10.5. The highest BCUT2D eigenvalue weighted by Gasteiger charge is 2.11. The summed E-state index contributed by atoms with van der Waals surface area (Å²) in [5, 5.41) is 4.31. The Bertz CT molecular complexity index is 943. The molecule has 3 aromatic rings. The second-order valence-electron chi connectivity index (χ2n) is 5.17. The minimum atomic E-state index is -0.594. The number of ether oxygens (including phenoxy) is 1. The summed E-state index contributed by atoms with van der Waals surface area (Å²) in [6, 6.07) is 14.9. The van der Waals surface area contributed by atoms with E-state index in [1.807, 2.05) is 0 Å². The molecule has 0 bridgehead atoms. The van der Waals surface area contributed by atoms with Gasteiger partial charge in [0.1, 0.15) is 5.15 Å². The van der Waals surface area contributed by atoms with Crippen molar-refractivity contribution >= 4 is 51.7 Å². The van der Waals surface area contributed by atoms with E-state index in [9.17, 15) is 9.59 Å². The van der Waals surface area contributed by atoms with Gasteiger partial charge in [-0.25, -0.2) is 9.78 Å². The SMILES string of the molecule is O=C(COC(=O)c1ccc2nc(Cl)ccc2c1)Nc1ccc(Cl)cc1. The van der Waals surface area contributed by atoms with Crippen molar-refractivity contribution in [2.45, 2.75) is 0 Å². The topological polar surface area (TPSA) is 68.3 Å². The van der Waals surface area contributed by atoms with E-state index >= 15 is 0 Å². The first kappa shape index (κ1) is 17.2. The summed E-state index contributed by atoms with van der Waals surface area (Å²) < 4.78 is 5.03. The first-order valence-electron chi connectivity index (χ1n) is 7.30. The standard InChI is InChI=1S/C18H12Cl2N2O3/c19-13-3-5-14(6-4-13)21-17(23)10-25-18(24)12-1-7-15-11(9-12)2-8-16(20)22-15/h1-9H,10H2,(H,21,23). The Labute approximate surface area is 153 Å². The molecule has 0 atom stereocenters. The number of esters is 1. The van der Waals surface area contributed by atoms with Gasteiger partial charge in [0.25, 0.3) is 5.91 Å². The predicted molar refractivity (Wildman–Crippen MR) is 97.1 cm³/mol. The van der Waals surface area contributed by atoms with Crippen LogP contribution in [0.1, 0.15) is 10.4 Å². The third-order valence-electron chi connectivity index (χ3n) is 3.35. The molecule has 0 radical (unpaired) electrons. The first-order chi connectivity index (χ1) is 12.0. The van der Waals surface area contributed by atoms with Crippen molar-refractivity contribution in [3.05, 3.63) is 70.3 Å². The molecule has 0 fully saturated rings. The summed E-state index contributed by atoms with van der Waals surface area (Å²) in [7, 11) is 0. The Kier molecular flexibility index (Phi) is 5.16. The number of aromatic nitrogens is 1. The van der Waals surface area contributed by atoms with Crippen LogP contribution in [0.2, 0.25) is 10.2 Å². The number of benzene rings is 2. The fourth-order valence-electron chi connectivity index (χ4n) is 2.17. The zero-order valence-corrected chi connectivity index (χ0v) is 14.3. The van der Waals surface area contributed by atoms with Crippen LogP contribution in [0.15, 0.2) is 54.6 Å². The van der Waals surface area contributed by atoms with Gasteiger partial charge in [0, 0.05) is 16.1 Å². The van der Waals surface area contributed by atoms with Crippen LogP contribution in [0.4, 0.5) is 5.69 Å². The van der Waals surface area contributed by atoms with Gasteiger partial charge in [0.2, 0.25) is 0 Å². The number of rotatable bonds is 4. The van der Waals surface area contributed by atoms with Crippen molar-refractivity contribution in [1.82, 2.24) is 4.98 Å². The average molecular weight is 375 g/mol. The molecule has 1 N–H and O–H groups in total. The maximum atomic E-state index is 12.1. The van der Waals surface area contributed by atoms with Crippen LogP contribution in [0, 0.1) is 0 Å². The largest absolute Gasteiger partial charge is 0.452 e. The number of hydrogen-bond acceptors (Lipinski definition) is 4. The molecular formula is C18H12Cl2N2O3. The monoisotopic (exact) mass is 374 g/mol. The van der Waals surface area contributed by atoms with E-state index < -0.39 is 18.5 Å². The second kappa shape index (κ2) is 7.51. The lowest BCUT2D eigenvalue weighted by atomic mass is 10.1. The molecule has 1 heterocycles. The van der Waals surface area contributed by atoms with E-state index in [1.165, 1.54) is 0 Å². The molecule has 3 rings (SSSR count). The van der Waals surface area contributed by atoms with Crippen molar-refractivity contribution < 1.29 is 14.3 Å². The van der Waals surface area contributed by atoms with Gasteiger partial charge in [0.05, 0.1) is 11.1 Å². The Hall–Kier alpha value is -2.63. The lowest BCUT2D eigenvalue weighted by Gasteiger charge is -2.07. The maximum Gasteiger partial charge on any atom is 0.338 e. The fourth-order valence-corrected chi connectivity index (χ4v) is 2.45. The van der Waals surface area contributed by atoms with Crippen LogP contribution in [0.25, 0.3) is 10.9 Å². The minimum absolute atomic E-state index is 0.330. The van der Waals surface area contributed by atoms with E-state index in [1.54, 1.807) is 54.6 Å². The smallest absolute Gasteiger partial charge is 0.338 e. The van der Waals surface area contributed by atoms with E-state index in [-0.39, 0.29) is 0 Å². The van der Waals surface area contributed by atoms with Crippen LogP contribution in [-0.4, -0.2) is 23.5 Å². The average Bonchev–Trinajstić information content (AvgIpc) is 2.61. The number of nitrogens with zero attached hydrogens (tertiary/aromatic N) is 1. The van der Waals surface area contributed by atoms with E-state index in [4.69, 9.17) is 27.9 Å². The highest BCUT2D eigenvalue weighted by molar-refractivity contribution is 6.30. The lowest BCUT2D eigenvalue weighted by molar-refractivity contribution is -0.119. The number of nitrogens with one attached hydrogen (secondary N) is 1. The maximum absolute atomic E-state index is 12.1. The fraction of sp³-hybridized carbons (Fsp3) is 0.0556. The van der Waals surface area contributed by atoms with Crippen LogP contribution >= 0.6 is 23.2 Å². The zero-order valence-electron chi connectivity index (χ0n) is 12.8. The number of halogens is 2. The molecule has 1 amide bonds. The van der Waals surface area contributed by atoms with Crippen LogP contribution in [0.5, 0.6) is 0 Å². The molecule has 126 valence electrons. The van der Waals surface area contributed by atoms with Crippen LogP contribution < -0.4 is 5.32 Å². The Morgan fingerprint density at radius 1 is 1.00 bits per heavy atom. The van der Waals surface area contributed by atoms with Crippen molar-refractivity contribution in [1.29, 1.82) is 0 Å². The van der Waals surface area contributed by atoms with Gasteiger partial charge in [-0.1, -0.05) is 23.2 Å². The first-order valence-corrected chi connectivity index (χ1v) is 8.06. The summed E-state index contributed by atoms with van der Waals surface area (Å²) in [6.45, 7) is -0.391. The Morgan fingerprint density at radius 3 is 2.52 bits per heavy atom. The molecule has 0 unspecified atom stereocenters. The highest BCUT2D eigenvalue weighted by Crippen LogP contribution is 2.18. The van der Waals surface area contributed by atoms with Crippen molar-refractivity contribution in [2.24, 2.45) is 0 Å². The minimum Gasteiger partial charge on any atom is -0.452 e. The number of hydrogen-bond donors (Lipinski definition) is 1. The van der Waals surface area contributed by atoms with Gasteiger partial charge in [-0.2, -0.15) is 0 Å². The molecule has 2 aromatic carbocycles. The molecule has 0 saturated heterocycles. The molecule has 7 heteroatoms. The van der Waals surface area contributed by atoms with E-state index in [0.717, 1.165) is 5.39 Å². The van der Waals surface area contributed by atoms with Gasteiger partial charge in [-0.15, -0.1) is 0 Å². The van der Waals surface area contributed by atoms with Crippen molar-refractivity contribution in [3.8, 4) is 0 Å². The summed E-state index contributed by atoms with van der Waals surface area (Å²) in [5.41, 5.74) is 1.57. The van der Waals surface area contributed by atoms with Crippen LogP contribution in [0.3, 0.4) is 0 Å². The molecule has 0 aliphatic rings. The van der Waals surface area contributed by atoms with Gasteiger partial charge in [-0.3, -0.25) is 4.79 Å². The van der Waals surface area contributed by atoms with E-state index in [0.29, 0.717) is 26.9 Å². The predicted octanol–water partition coefficient (Wildman–Crippen LogP) is 4.34. The summed E-state index contributed by atoms with van der Waals surface area (Å²) in [6.07, 6.45) is 0. The molecule has 5 nitrogen and oxygen atoms in total. The van der Waals surface area contributed by atoms with E-state index in [2.05, 4.69) is 10.3 Å². The number of carbonyl (C=O) groups is 2. The molecule has 0 spiro atoms.